The van der Waals surface area contributed by atoms with E-state index in [1.165, 1.54) is 23.9 Å². The van der Waals surface area contributed by atoms with Crippen molar-refractivity contribution in [3.05, 3.63) is 76.7 Å². The second kappa shape index (κ2) is 6.76. The van der Waals surface area contributed by atoms with Crippen LogP contribution in [-0.4, -0.2) is 15.0 Å². The smallest absolute Gasteiger partial charge is 0.258 e. The van der Waals surface area contributed by atoms with E-state index in [4.69, 9.17) is 4.42 Å². The molecule has 0 aliphatic carbocycles. The maximum Gasteiger partial charge on any atom is 0.258 e. The highest BCUT2D eigenvalue weighted by atomic mass is 32.2. The molecule has 0 aliphatic rings. The van der Waals surface area contributed by atoms with Crippen molar-refractivity contribution < 1.29 is 8.81 Å². The number of H-pyrrole nitrogens is 1. The quantitative estimate of drug-likeness (QED) is 0.535. The van der Waals surface area contributed by atoms with Gasteiger partial charge < -0.3 is 9.40 Å². The monoisotopic (exact) mass is 367 g/mol. The molecule has 0 spiro atoms. The first-order chi connectivity index (χ1) is 12.6. The fourth-order valence-electron chi connectivity index (χ4n) is 2.56. The largest absolute Gasteiger partial charge is 0.431 e. The Kier molecular flexibility index (Phi) is 4.30. The van der Waals surface area contributed by atoms with Crippen molar-refractivity contribution in [3.8, 4) is 11.3 Å². The Morgan fingerprint density at radius 1 is 1.15 bits per heavy atom. The van der Waals surface area contributed by atoms with Gasteiger partial charge in [0.15, 0.2) is 5.76 Å². The summed E-state index contributed by atoms with van der Waals surface area (Å²) in [6.07, 6.45) is 1.60. The third-order valence-corrected chi connectivity index (χ3v) is 4.87. The van der Waals surface area contributed by atoms with Gasteiger partial charge in [0.05, 0.1) is 22.3 Å². The van der Waals surface area contributed by atoms with E-state index in [0.717, 1.165) is 5.56 Å². The summed E-state index contributed by atoms with van der Waals surface area (Å²) in [5, 5.41) is 0.850. The van der Waals surface area contributed by atoms with Crippen LogP contribution in [0.15, 0.2) is 69.2 Å². The van der Waals surface area contributed by atoms with Gasteiger partial charge in [-0.1, -0.05) is 23.9 Å². The van der Waals surface area contributed by atoms with Gasteiger partial charge in [-0.25, -0.2) is 14.4 Å². The third kappa shape index (κ3) is 3.25. The topological polar surface area (TPSA) is 71.8 Å². The molecule has 0 bridgehead atoms. The SMILES string of the molecule is CC(Sc1ncc(-c2ccc(F)cc2)o1)c1nc2ccccc2c(=O)[nH]1. The van der Waals surface area contributed by atoms with E-state index < -0.39 is 0 Å². The molecule has 0 saturated heterocycles. The lowest BCUT2D eigenvalue weighted by Gasteiger charge is -2.08. The lowest BCUT2D eigenvalue weighted by molar-refractivity contribution is 0.465. The molecule has 0 saturated carbocycles. The van der Waals surface area contributed by atoms with Crippen molar-refractivity contribution in [2.75, 3.05) is 0 Å². The Morgan fingerprint density at radius 3 is 2.73 bits per heavy atom. The first kappa shape index (κ1) is 16.5. The van der Waals surface area contributed by atoms with Gasteiger partial charge in [0.25, 0.3) is 10.8 Å². The summed E-state index contributed by atoms with van der Waals surface area (Å²) >= 11 is 1.35. The molecule has 0 aliphatic heterocycles. The molecule has 2 aromatic heterocycles. The number of rotatable bonds is 4. The Bertz CT molecular complexity index is 1120. The fraction of sp³-hybridized carbons (Fsp3) is 0.105. The van der Waals surface area contributed by atoms with Crippen molar-refractivity contribution in [3.63, 3.8) is 0 Å². The predicted molar refractivity (Wildman–Crippen MR) is 98.5 cm³/mol. The number of nitrogens with zero attached hydrogens (tertiary/aromatic N) is 2. The van der Waals surface area contributed by atoms with Gasteiger partial charge in [-0.05, 0) is 43.3 Å². The third-order valence-electron chi connectivity index (χ3n) is 3.91. The molecule has 1 N–H and O–H groups in total. The maximum absolute atomic E-state index is 13.0. The van der Waals surface area contributed by atoms with Crippen LogP contribution in [0, 0.1) is 5.82 Å². The molecule has 0 radical (unpaired) electrons. The molecule has 1 unspecified atom stereocenters. The zero-order valence-electron chi connectivity index (χ0n) is 13.8. The summed E-state index contributed by atoms with van der Waals surface area (Å²) in [5.41, 5.74) is 1.23. The van der Waals surface area contributed by atoms with E-state index in [0.29, 0.717) is 27.7 Å². The Morgan fingerprint density at radius 2 is 1.92 bits per heavy atom. The van der Waals surface area contributed by atoms with Crippen molar-refractivity contribution in [2.45, 2.75) is 17.4 Å². The molecule has 26 heavy (non-hydrogen) atoms. The van der Waals surface area contributed by atoms with E-state index >= 15 is 0 Å². The number of oxazole rings is 1. The summed E-state index contributed by atoms with van der Waals surface area (Å²) in [6.45, 7) is 1.92. The molecule has 2 aromatic carbocycles. The van der Waals surface area contributed by atoms with E-state index in [2.05, 4.69) is 15.0 Å². The summed E-state index contributed by atoms with van der Waals surface area (Å²) in [4.78, 5) is 23.8. The van der Waals surface area contributed by atoms with Crippen molar-refractivity contribution in [2.24, 2.45) is 0 Å². The van der Waals surface area contributed by atoms with Crippen molar-refractivity contribution in [1.29, 1.82) is 0 Å². The second-order valence-corrected chi connectivity index (χ2v) is 7.02. The number of hydrogen-bond donors (Lipinski definition) is 1. The number of nitrogens with one attached hydrogen (secondary N) is 1. The van der Waals surface area contributed by atoms with Gasteiger partial charge in [-0.3, -0.25) is 4.79 Å². The van der Waals surface area contributed by atoms with Gasteiger partial charge in [0, 0.05) is 5.56 Å². The average Bonchev–Trinajstić information content (AvgIpc) is 3.10. The summed E-state index contributed by atoms with van der Waals surface area (Å²) in [6, 6.07) is 13.2. The van der Waals surface area contributed by atoms with Crippen molar-refractivity contribution in [1.82, 2.24) is 15.0 Å². The summed E-state index contributed by atoms with van der Waals surface area (Å²) in [5.74, 6) is 0.808. The molecule has 4 aromatic rings. The zero-order chi connectivity index (χ0) is 18.1. The highest BCUT2D eigenvalue weighted by molar-refractivity contribution is 7.99. The minimum absolute atomic E-state index is 0.160. The molecule has 1 atom stereocenters. The molecule has 0 fully saturated rings. The second-order valence-electron chi connectivity index (χ2n) is 5.73. The Labute approximate surface area is 152 Å². The number of hydrogen-bond acceptors (Lipinski definition) is 5. The average molecular weight is 367 g/mol. The number of fused-ring (bicyclic) bond motifs is 1. The van der Waals surface area contributed by atoms with Crippen LogP contribution >= 0.6 is 11.8 Å². The van der Waals surface area contributed by atoms with E-state index in [-0.39, 0.29) is 16.6 Å². The van der Waals surface area contributed by atoms with E-state index in [9.17, 15) is 9.18 Å². The molecule has 4 rings (SSSR count). The van der Waals surface area contributed by atoms with Gasteiger partial charge >= 0.3 is 0 Å². The zero-order valence-corrected chi connectivity index (χ0v) is 14.6. The minimum Gasteiger partial charge on any atom is -0.431 e. The molecule has 2 heterocycles. The highest BCUT2D eigenvalue weighted by Gasteiger charge is 2.16. The maximum atomic E-state index is 13.0. The highest BCUT2D eigenvalue weighted by Crippen LogP contribution is 2.34. The Hall–Kier alpha value is -2.93. The molecule has 0 amide bonds. The van der Waals surface area contributed by atoms with Crippen LogP contribution in [0.2, 0.25) is 0 Å². The van der Waals surface area contributed by atoms with Crippen LogP contribution in [0.25, 0.3) is 22.2 Å². The normalized spacial score (nSPS) is 12.4. The van der Waals surface area contributed by atoms with Gasteiger partial charge in [-0.15, -0.1) is 0 Å². The fourth-order valence-corrected chi connectivity index (χ4v) is 3.34. The van der Waals surface area contributed by atoms with Crippen LogP contribution in [0.3, 0.4) is 0 Å². The summed E-state index contributed by atoms with van der Waals surface area (Å²) in [7, 11) is 0. The van der Waals surface area contributed by atoms with Crippen LogP contribution in [0.5, 0.6) is 0 Å². The Balaban J connectivity index is 1.58. The number of aromatic nitrogens is 3. The number of thioether (sulfide) groups is 1. The van der Waals surface area contributed by atoms with Gasteiger partial charge in [0.1, 0.15) is 11.6 Å². The van der Waals surface area contributed by atoms with Crippen LogP contribution in [0.1, 0.15) is 18.0 Å². The first-order valence-electron chi connectivity index (χ1n) is 7.97. The van der Waals surface area contributed by atoms with Gasteiger partial charge in [-0.2, -0.15) is 0 Å². The van der Waals surface area contributed by atoms with Gasteiger partial charge in [0.2, 0.25) is 0 Å². The molecular formula is C19H14FN3O2S. The minimum atomic E-state index is -0.303. The molecule has 5 nitrogen and oxygen atoms in total. The number of para-hydroxylation sites is 1. The van der Waals surface area contributed by atoms with Crippen molar-refractivity contribution >= 4 is 22.7 Å². The van der Waals surface area contributed by atoms with E-state index in [1.807, 2.05) is 19.1 Å². The lowest BCUT2D eigenvalue weighted by Crippen LogP contribution is -2.12. The van der Waals surface area contributed by atoms with Crippen LogP contribution in [-0.2, 0) is 0 Å². The van der Waals surface area contributed by atoms with E-state index in [1.54, 1.807) is 30.5 Å². The van der Waals surface area contributed by atoms with Crippen LogP contribution < -0.4 is 5.56 Å². The molecular weight excluding hydrogens is 353 g/mol. The standard InChI is InChI=1S/C19H14FN3O2S/c1-11(17-22-15-5-3-2-4-14(15)18(24)23-17)26-19-21-10-16(25-19)12-6-8-13(20)9-7-12/h2-11H,1H3,(H,22,23,24). The lowest BCUT2D eigenvalue weighted by atomic mass is 10.2. The first-order valence-corrected chi connectivity index (χ1v) is 8.85. The number of benzene rings is 2. The number of halogens is 1. The molecule has 7 heteroatoms. The summed E-state index contributed by atoms with van der Waals surface area (Å²) < 4.78 is 18.8. The van der Waals surface area contributed by atoms with Crippen LogP contribution in [0.4, 0.5) is 4.39 Å². The molecule has 130 valence electrons. The number of aromatic amines is 1. The predicted octanol–water partition coefficient (Wildman–Crippen LogP) is 4.57.